The number of halogens is 1. The number of ketones is 1. The molecule has 0 saturated carbocycles. The molecule has 0 saturated heterocycles. The van der Waals surface area contributed by atoms with E-state index in [0.29, 0.717) is 24.3 Å². The number of carbonyl (C=O) groups is 1. The minimum absolute atomic E-state index is 0.140. The number of oxime groups is 1. The lowest BCUT2D eigenvalue weighted by atomic mass is 10.1. The summed E-state index contributed by atoms with van der Waals surface area (Å²) in [6, 6.07) is 11.2. The highest BCUT2D eigenvalue weighted by molar-refractivity contribution is 6.49. The van der Waals surface area contributed by atoms with Gasteiger partial charge in [0.25, 0.3) is 0 Å². The average molecular weight is 285 g/mol. The smallest absolute Gasteiger partial charge is 0.211 e. The maximum atomic E-state index is 12.8. The fourth-order valence-electron chi connectivity index (χ4n) is 2.27. The third-order valence-electron chi connectivity index (χ3n) is 3.38. The molecule has 2 aromatic rings. The molecule has 1 aliphatic carbocycles. The third-order valence-corrected chi connectivity index (χ3v) is 3.38. The number of hydrogen-bond acceptors (Lipinski definition) is 4. The zero-order valence-corrected chi connectivity index (χ0v) is 11.0. The second-order valence-electron chi connectivity index (χ2n) is 4.79. The number of carbonyl (C=O) groups excluding carboxylic acids is 1. The number of Topliss-reactive ketones (excluding diaryl/α,β-unsaturated/α-hetero) is 1. The van der Waals surface area contributed by atoms with E-state index in [-0.39, 0.29) is 17.3 Å². The van der Waals surface area contributed by atoms with E-state index in [4.69, 9.17) is 9.94 Å². The number of nitrogens with zero attached hydrogens (tertiary/aromatic N) is 1. The fraction of sp³-hybridized carbons (Fsp3) is 0.125. The van der Waals surface area contributed by atoms with Crippen molar-refractivity contribution < 1.29 is 19.1 Å². The van der Waals surface area contributed by atoms with Gasteiger partial charge in [0.1, 0.15) is 23.9 Å². The van der Waals surface area contributed by atoms with Crippen LogP contribution in [0.25, 0.3) is 0 Å². The Morgan fingerprint density at radius 1 is 1.19 bits per heavy atom. The van der Waals surface area contributed by atoms with Crippen molar-refractivity contribution >= 4 is 11.5 Å². The van der Waals surface area contributed by atoms with Crippen molar-refractivity contribution in [3.63, 3.8) is 0 Å². The first-order chi connectivity index (χ1) is 10.2. The number of rotatable bonds is 3. The zero-order chi connectivity index (χ0) is 14.8. The van der Waals surface area contributed by atoms with Crippen LogP contribution in [0.4, 0.5) is 4.39 Å². The van der Waals surface area contributed by atoms with Gasteiger partial charge in [0.2, 0.25) is 5.78 Å². The van der Waals surface area contributed by atoms with E-state index in [1.54, 1.807) is 30.3 Å². The fourth-order valence-corrected chi connectivity index (χ4v) is 2.27. The van der Waals surface area contributed by atoms with Gasteiger partial charge in [0, 0.05) is 12.0 Å². The molecule has 5 heteroatoms. The molecule has 4 nitrogen and oxygen atoms in total. The molecule has 0 fully saturated rings. The normalized spacial score (nSPS) is 15.3. The monoisotopic (exact) mass is 285 g/mol. The molecular formula is C16H12FNO3. The van der Waals surface area contributed by atoms with E-state index in [0.717, 1.165) is 11.1 Å². The molecule has 0 atom stereocenters. The third kappa shape index (κ3) is 2.63. The van der Waals surface area contributed by atoms with Gasteiger partial charge in [-0.05, 0) is 41.5 Å². The molecule has 0 amide bonds. The summed E-state index contributed by atoms with van der Waals surface area (Å²) in [4.78, 5) is 11.8. The zero-order valence-electron chi connectivity index (χ0n) is 11.0. The van der Waals surface area contributed by atoms with Crippen LogP contribution >= 0.6 is 0 Å². The second kappa shape index (κ2) is 5.36. The van der Waals surface area contributed by atoms with Crippen LogP contribution in [0.5, 0.6) is 5.75 Å². The quantitative estimate of drug-likeness (QED) is 0.696. The SMILES string of the molecule is O=C1/C(=N\O)Cc2cc(OCc3ccc(F)cc3)ccc21. The van der Waals surface area contributed by atoms with Gasteiger partial charge in [-0.25, -0.2) is 4.39 Å². The Morgan fingerprint density at radius 3 is 2.67 bits per heavy atom. The summed E-state index contributed by atoms with van der Waals surface area (Å²) in [7, 11) is 0. The van der Waals surface area contributed by atoms with Crippen LogP contribution in [0.15, 0.2) is 47.6 Å². The van der Waals surface area contributed by atoms with Crippen LogP contribution in [0, 0.1) is 5.82 Å². The molecule has 106 valence electrons. The molecule has 0 aliphatic heterocycles. The van der Waals surface area contributed by atoms with Crippen molar-refractivity contribution in [2.75, 3.05) is 0 Å². The van der Waals surface area contributed by atoms with Crippen molar-refractivity contribution in [3.05, 3.63) is 65.0 Å². The highest BCUT2D eigenvalue weighted by Gasteiger charge is 2.27. The highest BCUT2D eigenvalue weighted by atomic mass is 19.1. The molecule has 1 N–H and O–H groups in total. The Bertz CT molecular complexity index is 723. The molecule has 0 heterocycles. The lowest BCUT2D eigenvalue weighted by Gasteiger charge is -2.07. The first kappa shape index (κ1) is 13.3. The van der Waals surface area contributed by atoms with E-state index >= 15 is 0 Å². The first-order valence-corrected chi connectivity index (χ1v) is 6.43. The van der Waals surface area contributed by atoms with E-state index in [1.807, 2.05) is 0 Å². The topological polar surface area (TPSA) is 58.9 Å². The number of benzene rings is 2. The van der Waals surface area contributed by atoms with Crippen molar-refractivity contribution in [2.24, 2.45) is 5.16 Å². The Kier molecular flexibility index (Phi) is 3.39. The van der Waals surface area contributed by atoms with E-state index in [9.17, 15) is 9.18 Å². The number of hydrogen-bond donors (Lipinski definition) is 1. The van der Waals surface area contributed by atoms with Gasteiger partial charge in [0.05, 0.1) is 0 Å². The highest BCUT2D eigenvalue weighted by Crippen LogP contribution is 2.25. The molecule has 0 spiro atoms. The van der Waals surface area contributed by atoms with Gasteiger partial charge < -0.3 is 9.94 Å². The molecule has 0 radical (unpaired) electrons. The first-order valence-electron chi connectivity index (χ1n) is 6.43. The summed E-state index contributed by atoms with van der Waals surface area (Å²) in [5.74, 6) is 0.0771. The number of fused-ring (bicyclic) bond motifs is 1. The molecule has 0 bridgehead atoms. The molecule has 3 rings (SSSR count). The summed E-state index contributed by atoms with van der Waals surface area (Å²) >= 11 is 0. The second-order valence-corrected chi connectivity index (χ2v) is 4.79. The van der Waals surface area contributed by atoms with Crippen LogP contribution in [0.1, 0.15) is 21.5 Å². The van der Waals surface area contributed by atoms with Gasteiger partial charge in [-0.1, -0.05) is 17.3 Å². The predicted octanol–water partition coefficient (Wildman–Crippen LogP) is 2.97. The summed E-state index contributed by atoms with van der Waals surface area (Å²) in [6.07, 6.45) is 0.304. The summed E-state index contributed by atoms with van der Waals surface area (Å²) in [5, 5.41) is 11.8. The average Bonchev–Trinajstić information content (AvgIpc) is 2.82. The largest absolute Gasteiger partial charge is 0.489 e. The van der Waals surface area contributed by atoms with Crippen molar-refractivity contribution in [3.8, 4) is 5.75 Å². The van der Waals surface area contributed by atoms with Gasteiger partial charge in [-0.15, -0.1) is 0 Å². The Hall–Kier alpha value is -2.69. The lowest BCUT2D eigenvalue weighted by Crippen LogP contribution is -2.06. The van der Waals surface area contributed by atoms with Crippen LogP contribution < -0.4 is 4.74 Å². The van der Waals surface area contributed by atoms with Gasteiger partial charge in [-0.3, -0.25) is 4.79 Å². The molecule has 1 aliphatic rings. The van der Waals surface area contributed by atoms with Crippen LogP contribution in [0.2, 0.25) is 0 Å². The van der Waals surface area contributed by atoms with E-state index in [2.05, 4.69) is 5.16 Å². The van der Waals surface area contributed by atoms with Crippen molar-refractivity contribution in [1.82, 2.24) is 0 Å². The summed E-state index contributed by atoms with van der Waals surface area (Å²) < 4.78 is 18.4. The van der Waals surface area contributed by atoms with E-state index < -0.39 is 0 Å². The minimum Gasteiger partial charge on any atom is -0.489 e. The molecular weight excluding hydrogens is 273 g/mol. The molecule has 21 heavy (non-hydrogen) atoms. The Morgan fingerprint density at radius 2 is 1.95 bits per heavy atom. The van der Waals surface area contributed by atoms with Crippen LogP contribution in [-0.4, -0.2) is 16.7 Å². The van der Waals surface area contributed by atoms with Crippen molar-refractivity contribution in [1.29, 1.82) is 0 Å². The Labute approximate surface area is 120 Å². The van der Waals surface area contributed by atoms with Gasteiger partial charge in [-0.2, -0.15) is 0 Å². The van der Waals surface area contributed by atoms with Crippen molar-refractivity contribution in [2.45, 2.75) is 13.0 Å². The molecule has 0 aromatic heterocycles. The van der Waals surface area contributed by atoms with Gasteiger partial charge in [0.15, 0.2) is 0 Å². The standard InChI is InChI=1S/C16H12FNO3/c17-12-3-1-10(2-4-12)9-21-13-5-6-14-11(7-13)8-15(18-20)16(14)19/h1-7,20H,8-9H2/b18-15-. The van der Waals surface area contributed by atoms with Gasteiger partial charge >= 0.3 is 0 Å². The van der Waals surface area contributed by atoms with E-state index in [1.165, 1.54) is 12.1 Å². The number of ether oxygens (including phenoxy) is 1. The predicted molar refractivity (Wildman–Crippen MR) is 74.4 cm³/mol. The Balaban J connectivity index is 1.74. The lowest BCUT2D eigenvalue weighted by molar-refractivity contribution is 0.106. The molecule has 2 aromatic carbocycles. The summed E-state index contributed by atoms with van der Waals surface area (Å²) in [6.45, 7) is 0.313. The molecule has 0 unspecified atom stereocenters. The van der Waals surface area contributed by atoms with Crippen LogP contribution in [0.3, 0.4) is 0 Å². The maximum absolute atomic E-state index is 12.8. The maximum Gasteiger partial charge on any atom is 0.211 e. The van der Waals surface area contributed by atoms with Crippen LogP contribution in [-0.2, 0) is 13.0 Å². The minimum atomic E-state index is -0.286. The summed E-state index contributed by atoms with van der Waals surface area (Å²) in [5.41, 5.74) is 2.31.